The van der Waals surface area contributed by atoms with E-state index in [9.17, 15) is 35.6 Å². The molecule has 0 amide bonds. The summed E-state index contributed by atoms with van der Waals surface area (Å²) in [5.41, 5.74) is 0.650. The molecule has 0 fully saturated rings. The van der Waals surface area contributed by atoms with Crippen LogP contribution in [0.25, 0.3) is 10.9 Å². The molecule has 7 nitrogen and oxygen atoms in total. The zero-order valence-electron chi connectivity index (χ0n) is 20.1. The monoisotopic (exact) mass is 575 g/mol. The SMILES string of the molecule is CCc1cc2c(cc1F)c(C#N)c(C1C=CC(S(=O)(=O)NC(C)C(F)(F)F)C=N1)n2C(=N)/C=C\C(Cl)CF. The van der Waals surface area contributed by atoms with Gasteiger partial charge in [-0.2, -0.15) is 18.4 Å². The molecular formula is C24H23ClF5N5O2S. The Morgan fingerprint density at radius 1 is 1.37 bits per heavy atom. The Morgan fingerprint density at radius 2 is 2.05 bits per heavy atom. The molecule has 1 aliphatic rings. The first-order valence-electron chi connectivity index (χ1n) is 11.3. The van der Waals surface area contributed by atoms with Gasteiger partial charge in [-0.05, 0) is 37.1 Å². The maximum atomic E-state index is 14.6. The number of nitrogens with zero attached hydrogens (tertiary/aromatic N) is 3. The summed E-state index contributed by atoms with van der Waals surface area (Å²) in [5.74, 6) is -0.822. The molecule has 0 saturated heterocycles. The maximum Gasteiger partial charge on any atom is 0.404 e. The number of hydrogen-bond donors (Lipinski definition) is 2. The van der Waals surface area contributed by atoms with Crippen molar-refractivity contribution in [1.29, 1.82) is 10.7 Å². The van der Waals surface area contributed by atoms with Crippen LogP contribution in [0, 0.1) is 22.6 Å². The summed E-state index contributed by atoms with van der Waals surface area (Å²) in [6.45, 7) is 1.49. The van der Waals surface area contributed by atoms with Crippen molar-refractivity contribution in [3.8, 4) is 6.07 Å². The van der Waals surface area contributed by atoms with Crippen LogP contribution >= 0.6 is 11.6 Å². The molecule has 0 spiro atoms. The summed E-state index contributed by atoms with van der Waals surface area (Å²) >= 11 is 5.79. The van der Waals surface area contributed by atoms with Gasteiger partial charge in [0.1, 0.15) is 41.7 Å². The quantitative estimate of drug-likeness (QED) is 0.150. The Kier molecular flexibility index (Phi) is 8.80. The Bertz CT molecular complexity index is 1460. The van der Waals surface area contributed by atoms with E-state index >= 15 is 0 Å². The first-order chi connectivity index (χ1) is 17.7. The van der Waals surface area contributed by atoms with Crippen LogP contribution in [0.15, 0.2) is 41.4 Å². The van der Waals surface area contributed by atoms with Crippen LogP contribution in [0.4, 0.5) is 22.0 Å². The average Bonchev–Trinajstić information content (AvgIpc) is 3.18. The second-order valence-corrected chi connectivity index (χ2v) is 10.9. The van der Waals surface area contributed by atoms with E-state index in [0.29, 0.717) is 18.9 Å². The van der Waals surface area contributed by atoms with Crippen molar-refractivity contribution in [2.24, 2.45) is 4.99 Å². The van der Waals surface area contributed by atoms with Crippen molar-refractivity contribution in [2.75, 3.05) is 6.67 Å². The molecule has 0 radical (unpaired) electrons. The Morgan fingerprint density at radius 3 is 2.58 bits per heavy atom. The van der Waals surface area contributed by atoms with Crippen LogP contribution < -0.4 is 4.72 Å². The number of aromatic nitrogens is 1. The van der Waals surface area contributed by atoms with E-state index in [1.807, 2.05) is 6.07 Å². The molecule has 0 aliphatic carbocycles. The van der Waals surface area contributed by atoms with Crippen LogP contribution in [0.5, 0.6) is 0 Å². The van der Waals surface area contributed by atoms with E-state index in [-0.39, 0.29) is 28.0 Å². The van der Waals surface area contributed by atoms with Crippen LogP contribution in [0.1, 0.15) is 36.7 Å². The minimum atomic E-state index is -4.79. The van der Waals surface area contributed by atoms with Gasteiger partial charge in [0.25, 0.3) is 0 Å². The first kappa shape index (κ1) is 29.5. The third-order valence-electron chi connectivity index (χ3n) is 5.86. The number of sulfonamides is 1. The highest BCUT2D eigenvalue weighted by Crippen LogP contribution is 2.35. The topological polar surface area (TPSA) is 111 Å². The summed E-state index contributed by atoms with van der Waals surface area (Å²) in [4.78, 5) is 4.16. The normalized spacial score (nSPS) is 19.7. The van der Waals surface area contributed by atoms with E-state index in [1.165, 1.54) is 28.9 Å². The fourth-order valence-corrected chi connectivity index (χ4v) is 5.23. The Hall–Kier alpha value is -3.08. The van der Waals surface area contributed by atoms with Gasteiger partial charge in [-0.1, -0.05) is 25.2 Å². The van der Waals surface area contributed by atoms with E-state index in [1.54, 1.807) is 11.6 Å². The van der Waals surface area contributed by atoms with Crippen LogP contribution in [0.2, 0.25) is 0 Å². The number of rotatable bonds is 8. The number of halogens is 6. The molecule has 14 heteroatoms. The van der Waals surface area contributed by atoms with Crippen LogP contribution in [-0.2, 0) is 16.4 Å². The van der Waals surface area contributed by atoms with E-state index in [4.69, 9.17) is 17.0 Å². The molecule has 2 heterocycles. The molecular weight excluding hydrogens is 553 g/mol. The number of hydrogen-bond acceptors (Lipinski definition) is 5. The number of aliphatic imine (C=N–C) groups is 1. The van der Waals surface area contributed by atoms with Crippen LogP contribution in [0.3, 0.4) is 0 Å². The standard InChI is InChI=1S/C24H23ClF5N5O2S/c1-3-14-8-21-17(9-19(14)27)18(11-31)23(35(21)22(32)7-4-15(25)10-26)20-6-5-16(12-33-20)38(36,37)34-13(2)24(28,29)30/h4-9,12-13,15-16,20,32,34H,3,10H2,1-2H3/b7-4-,32-22?. The molecule has 2 aromatic rings. The summed E-state index contributed by atoms with van der Waals surface area (Å²) in [7, 11) is -4.50. The molecule has 1 aliphatic heterocycles. The second-order valence-electron chi connectivity index (χ2n) is 8.46. The van der Waals surface area contributed by atoms with Gasteiger partial charge in [0.15, 0.2) is 0 Å². The highest BCUT2D eigenvalue weighted by atomic mass is 35.5. The first-order valence-corrected chi connectivity index (χ1v) is 13.3. The Labute approximate surface area is 220 Å². The van der Waals surface area contributed by atoms with E-state index in [0.717, 1.165) is 18.4 Å². The average molecular weight is 576 g/mol. The number of fused-ring (bicyclic) bond motifs is 1. The minimum Gasteiger partial charge on any atom is -0.295 e. The highest BCUT2D eigenvalue weighted by molar-refractivity contribution is 7.91. The third kappa shape index (κ3) is 5.98. The van der Waals surface area contributed by atoms with Crippen molar-refractivity contribution in [3.05, 3.63) is 59.1 Å². The molecule has 0 saturated carbocycles. The predicted molar refractivity (Wildman–Crippen MR) is 136 cm³/mol. The second kappa shape index (κ2) is 11.3. The number of allylic oxidation sites excluding steroid dienone is 2. The van der Waals surface area contributed by atoms with Gasteiger partial charge >= 0.3 is 6.18 Å². The Balaban J connectivity index is 2.12. The number of aryl methyl sites for hydroxylation is 1. The summed E-state index contributed by atoms with van der Waals surface area (Å²) in [6, 6.07) is 1.23. The van der Waals surface area contributed by atoms with Crippen molar-refractivity contribution in [3.63, 3.8) is 0 Å². The molecule has 0 bridgehead atoms. The number of nitrogens with one attached hydrogen (secondary N) is 2. The van der Waals surface area contributed by atoms with Gasteiger partial charge < -0.3 is 0 Å². The maximum absolute atomic E-state index is 14.6. The minimum absolute atomic E-state index is 0.0375. The van der Waals surface area contributed by atoms with Gasteiger partial charge in [0.05, 0.1) is 22.2 Å². The lowest BCUT2D eigenvalue weighted by atomic mass is 10.0. The van der Waals surface area contributed by atoms with Crippen molar-refractivity contribution >= 4 is 44.6 Å². The number of benzene rings is 1. The number of alkyl halides is 5. The summed E-state index contributed by atoms with van der Waals surface area (Å²) in [6.07, 6.45) is 1.26. The number of dihydropyridines is 1. The fourth-order valence-electron chi connectivity index (χ4n) is 3.85. The predicted octanol–water partition coefficient (Wildman–Crippen LogP) is 5.09. The molecule has 2 N–H and O–H groups in total. The van der Waals surface area contributed by atoms with Gasteiger partial charge in [-0.25, -0.2) is 21.9 Å². The zero-order valence-corrected chi connectivity index (χ0v) is 21.7. The smallest absolute Gasteiger partial charge is 0.295 e. The largest absolute Gasteiger partial charge is 0.404 e. The van der Waals surface area contributed by atoms with Crippen molar-refractivity contribution in [2.45, 2.75) is 49.2 Å². The van der Waals surface area contributed by atoms with Gasteiger partial charge in [-0.15, -0.1) is 11.6 Å². The van der Waals surface area contributed by atoms with E-state index < -0.39 is 51.4 Å². The molecule has 1 aromatic heterocycles. The lowest BCUT2D eigenvalue weighted by Crippen LogP contribution is -2.47. The lowest BCUT2D eigenvalue weighted by molar-refractivity contribution is -0.147. The lowest BCUT2D eigenvalue weighted by Gasteiger charge is -2.22. The number of nitriles is 1. The van der Waals surface area contributed by atoms with Crippen molar-refractivity contribution < 1.29 is 30.4 Å². The third-order valence-corrected chi connectivity index (χ3v) is 7.80. The molecule has 4 atom stereocenters. The zero-order chi connectivity index (χ0) is 28.4. The van der Waals surface area contributed by atoms with Crippen LogP contribution in [-0.4, -0.2) is 54.6 Å². The fraction of sp³-hybridized carbons (Fsp3) is 0.375. The van der Waals surface area contributed by atoms with Crippen molar-refractivity contribution in [1.82, 2.24) is 9.29 Å². The van der Waals surface area contributed by atoms with E-state index in [2.05, 4.69) is 4.99 Å². The summed E-state index contributed by atoms with van der Waals surface area (Å²) < 4.78 is 93.9. The molecule has 4 unspecified atom stereocenters. The molecule has 1 aromatic carbocycles. The molecule has 3 rings (SSSR count). The highest BCUT2D eigenvalue weighted by Gasteiger charge is 2.40. The molecule has 38 heavy (non-hydrogen) atoms. The summed E-state index contributed by atoms with van der Waals surface area (Å²) in [5, 5.41) is 16.1. The van der Waals surface area contributed by atoms with Gasteiger partial charge in [-0.3, -0.25) is 15.0 Å². The van der Waals surface area contributed by atoms with Gasteiger partial charge in [0, 0.05) is 11.6 Å². The molecule has 204 valence electrons. The van der Waals surface area contributed by atoms with Gasteiger partial charge in [0.2, 0.25) is 10.0 Å².